The van der Waals surface area contributed by atoms with E-state index < -0.39 is 0 Å². The molecule has 3 rings (SSSR count). The van der Waals surface area contributed by atoms with Crippen LogP contribution in [0, 0.1) is 0 Å². The molecule has 0 aliphatic carbocycles. The van der Waals surface area contributed by atoms with Crippen molar-refractivity contribution < 1.29 is 9.30 Å². The highest BCUT2D eigenvalue weighted by molar-refractivity contribution is 7.24. The van der Waals surface area contributed by atoms with Gasteiger partial charge in [-0.05, 0) is 24.0 Å². The van der Waals surface area contributed by atoms with Crippen LogP contribution in [0.25, 0.3) is 0 Å². The normalized spacial score (nSPS) is 21.6. The first kappa shape index (κ1) is 16.3. The molecule has 0 spiro atoms. The first-order valence-corrected chi connectivity index (χ1v) is 8.99. The fraction of sp³-hybridized carbons (Fsp3) is 0.368. The summed E-state index contributed by atoms with van der Waals surface area (Å²) in [5, 5.41) is 0. The summed E-state index contributed by atoms with van der Waals surface area (Å²) < 4.78 is 16.7. The molecular formula is C19H22NO2P. The molecule has 23 heavy (non-hydrogen) atoms. The summed E-state index contributed by atoms with van der Waals surface area (Å²) in [6, 6.07) is 21.5. The standard InChI is InChI=1S/C19H22NO2P/c21-23-19-12-11-18(15-22-19)20(13-16-7-3-1-4-8-16)14-17-9-5-2-6-10-17/h1-10,18-19H,11-15H2/t18-,19-/m1/s1. The number of hydrogen-bond acceptors (Lipinski definition) is 3. The summed E-state index contributed by atoms with van der Waals surface area (Å²) in [4.78, 5) is 2.47. The Kier molecular flexibility index (Phi) is 5.93. The lowest BCUT2D eigenvalue weighted by Crippen LogP contribution is -2.41. The molecule has 3 nitrogen and oxygen atoms in total. The summed E-state index contributed by atoms with van der Waals surface area (Å²) in [7, 11) is 0.112. The number of hydrogen-bond donors (Lipinski definition) is 0. The minimum atomic E-state index is -0.124. The number of benzene rings is 2. The van der Waals surface area contributed by atoms with Crippen molar-refractivity contribution in [3.63, 3.8) is 0 Å². The van der Waals surface area contributed by atoms with Crippen LogP contribution in [0.3, 0.4) is 0 Å². The molecule has 1 heterocycles. The van der Waals surface area contributed by atoms with Gasteiger partial charge in [-0.2, -0.15) is 0 Å². The van der Waals surface area contributed by atoms with Gasteiger partial charge in [-0.25, -0.2) is 0 Å². The molecular weight excluding hydrogens is 305 g/mol. The number of ether oxygens (including phenoxy) is 1. The van der Waals surface area contributed by atoms with Crippen LogP contribution in [0.5, 0.6) is 0 Å². The van der Waals surface area contributed by atoms with Gasteiger partial charge in [0.2, 0.25) is 0 Å². The van der Waals surface area contributed by atoms with Crippen molar-refractivity contribution >= 4 is 8.46 Å². The summed E-state index contributed by atoms with van der Waals surface area (Å²) in [5.74, 6) is -0.124. The van der Waals surface area contributed by atoms with Crippen LogP contribution < -0.4 is 0 Å². The van der Waals surface area contributed by atoms with E-state index in [2.05, 4.69) is 53.4 Å². The number of rotatable bonds is 6. The van der Waals surface area contributed by atoms with Gasteiger partial charge in [-0.1, -0.05) is 60.7 Å². The zero-order chi connectivity index (χ0) is 15.9. The largest absolute Gasteiger partial charge is 0.364 e. The highest BCUT2D eigenvalue weighted by Crippen LogP contribution is 2.26. The smallest absolute Gasteiger partial charge is 0.187 e. The van der Waals surface area contributed by atoms with E-state index in [-0.39, 0.29) is 14.3 Å². The Labute approximate surface area is 139 Å². The van der Waals surface area contributed by atoms with Crippen LogP contribution in [0.15, 0.2) is 60.7 Å². The first-order valence-electron chi connectivity index (χ1n) is 8.11. The average Bonchev–Trinajstić information content (AvgIpc) is 2.63. The lowest BCUT2D eigenvalue weighted by Gasteiger charge is -2.35. The molecule has 2 aromatic carbocycles. The third-order valence-electron chi connectivity index (χ3n) is 4.32. The van der Waals surface area contributed by atoms with Crippen molar-refractivity contribution in [2.45, 2.75) is 37.8 Å². The van der Waals surface area contributed by atoms with Gasteiger partial charge in [0, 0.05) is 19.1 Å². The van der Waals surface area contributed by atoms with Gasteiger partial charge in [0.1, 0.15) is 5.85 Å². The molecule has 120 valence electrons. The molecule has 1 fully saturated rings. The molecule has 4 heteroatoms. The van der Waals surface area contributed by atoms with Gasteiger partial charge in [0.05, 0.1) is 6.61 Å². The molecule has 1 aliphatic rings. The van der Waals surface area contributed by atoms with E-state index in [0.29, 0.717) is 12.6 Å². The van der Waals surface area contributed by atoms with Crippen molar-refractivity contribution in [2.24, 2.45) is 0 Å². The van der Waals surface area contributed by atoms with Gasteiger partial charge < -0.3 is 4.74 Å². The van der Waals surface area contributed by atoms with Crippen molar-refractivity contribution in [2.75, 3.05) is 6.61 Å². The predicted octanol–water partition coefficient (Wildman–Crippen LogP) is 4.49. The minimum absolute atomic E-state index is 0.112. The molecule has 1 saturated heterocycles. The van der Waals surface area contributed by atoms with E-state index in [1.54, 1.807) is 0 Å². The molecule has 1 aliphatic heterocycles. The second kappa shape index (κ2) is 8.35. The fourth-order valence-corrected chi connectivity index (χ4v) is 3.45. The van der Waals surface area contributed by atoms with E-state index in [1.165, 1.54) is 11.1 Å². The molecule has 0 amide bonds. The van der Waals surface area contributed by atoms with Crippen LogP contribution >= 0.6 is 8.46 Å². The molecule has 2 atom stereocenters. The number of nitrogens with zero attached hydrogens (tertiary/aromatic N) is 1. The quantitative estimate of drug-likeness (QED) is 0.732. The van der Waals surface area contributed by atoms with Gasteiger partial charge in [0.25, 0.3) is 0 Å². The van der Waals surface area contributed by atoms with Crippen molar-refractivity contribution in [1.82, 2.24) is 4.90 Å². The maximum Gasteiger partial charge on any atom is 0.187 e. The minimum Gasteiger partial charge on any atom is -0.364 e. The van der Waals surface area contributed by atoms with Gasteiger partial charge in [0.15, 0.2) is 8.46 Å². The van der Waals surface area contributed by atoms with Crippen molar-refractivity contribution in [1.29, 1.82) is 0 Å². The Morgan fingerprint density at radius 1 is 0.913 bits per heavy atom. The molecule has 0 aromatic heterocycles. The lowest BCUT2D eigenvalue weighted by atomic mass is 10.1. The molecule has 0 bridgehead atoms. The van der Waals surface area contributed by atoms with E-state index in [4.69, 9.17) is 4.74 Å². The predicted molar refractivity (Wildman–Crippen MR) is 92.5 cm³/mol. The fourth-order valence-electron chi connectivity index (χ4n) is 3.04. The summed E-state index contributed by atoms with van der Waals surface area (Å²) in [6.45, 7) is 2.46. The van der Waals surface area contributed by atoms with E-state index in [1.807, 2.05) is 12.1 Å². The average molecular weight is 327 g/mol. The maximum absolute atomic E-state index is 11.0. The third-order valence-corrected chi connectivity index (χ3v) is 4.96. The molecule has 0 unspecified atom stereocenters. The first-order chi connectivity index (χ1) is 11.3. The molecule has 2 aromatic rings. The van der Waals surface area contributed by atoms with Crippen molar-refractivity contribution in [3.05, 3.63) is 71.8 Å². The summed E-state index contributed by atoms with van der Waals surface area (Å²) >= 11 is 0. The van der Waals surface area contributed by atoms with E-state index in [0.717, 1.165) is 25.9 Å². The topological polar surface area (TPSA) is 29.5 Å². The Bertz CT molecular complexity index is 556. The second-order valence-corrected chi connectivity index (χ2v) is 6.79. The maximum atomic E-state index is 11.0. The van der Waals surface area contributed by atoms with Crippen LogP contribution in [-0.4, -0.2) is 23.4 Å². The molecule has 0 saturated carbocycles. The summed E-state index contributed by atoms with van der Waals surface area (Å²) in [5.41, 5.74) is 2.63. The molecule has 0 radical (unpaired) electrons. The van der Waals surface area contributed by atoms with Crippen LogP contribution in [0.1, 0.15) is 24.0 Å². The van der Waals surface area contributed by atoms with Crippen LogP contribution in [0.4, 0.5) is 0 Å². The Balaban J connectivity index is 1.72. The van der Waals surface area contributed by atoms with E-state index >= 15 is 0 Å². The Morgan fingerprint density at radius 2 is 1.48 bits per heavy atom. The van der Waals surface area contributed by atoms with E-state index in [9.17, 15) is 4.57 Å². The monoisotopic (exact) mass is 327 g/mol. The summed E-state index contributed by atoms with van der Waals surface area (Å²) in [6.07, 6.45) is 1.88. The van der Waals surface area contributed by atoms with Crippen molar-refractivity contribution in [3.8, 4) is 0 Å². The van der Waals surface area contributed by atoms with Gasteiger partial charge in [-0.15, -0.1) is 0 Å². The van der Waals surface area contributed by atoms with Gasteiger partial charge in [-0.3, -0.25) is 9.46 Å². The van der Waals surface area contributed by atoms with Crippen LogP contribution in [-0.2, 0) is 22.4 Å². The Hall–Kier alpha value is -1.54. The third kappa shape index (κ3) is 4.71. The van der Waals surface area contributed by atoms with Crippen LogP contribution in [0.2, 0.25) is 0 Å². The highest BCUT2D eigenvalue weighted by Gasteiger charge is 2.26. The Morgan fingerprint density at radius 3 is 1.91 bits per heavy atom. The second-order valence-electron chi connectivity index (χ2n) is 6.00. The zero-order valence-corrected chi connectivity index (χ0v) is 14.1. The highest BCUT2D eigenvalue weighted by atomic mass is 31.1. The zero-order valence-electron chi connectivity index (χ0n) is 13.2. The van der Waals surface area contributed by atoms with Gasteiger partial charge >= 0.3 is 0 Å². The molecule has 0 N–H and O–H groups in total. The lowest BCUT2D eigenvalue weighted by molar-refractivity contribution is -0.00593. The SMILES string of the molecule is O=P[C@@H]1CC[C@@H](N(Cc2ccccc2)Cc2ccccc2)CO1.